The van der Waals surface area contributed by atoms with Crippen molar-refractivity contribution in [1.82, 2.24) is 4.31 Å². The molecule has 0 heterocycles. The molecule has 1 aliphatic rings. The number of hydrogen-bond donors (Lipinski definition) is 0. The lowest BCUT2D eigenvalue weighted by molar-refractivity contribution is 0.384. The topological polar surface area (TPSA) is 37.4 Å². The summed E-state index contributed by atoms with van der Waals surface area (Å²) < 4.78 is 68.3. The van der Waals surface area contributed by atoms with Crippen LogP contribution in [0.25, 0.3) is 0 Å². The van der Waals surface area contributed by atoms with E-state index in [-0.39, 0.29) is 17.1 Å². The summed E-state index contributed by atoms with van der Waals surface area (Å²) in [6, 6.07) is 6.38. The molecule has 0 unspecified atom stereocenters. The molecule has 2 aromatic carbocycles. The molecule has 1 fully saturated rings. The summed E-state index contributed by atoms with van der Waals surface area (Å²) >= 11 is 5.95. The van der Waals surface area contributed by atoms with Gasteiger partial charge in [-0.2, -0.15) is 4.31 Å². The lowest BCUT2D eigenvalue weighted by Gasteiger charge is -2.23. The highest BCUT2D eigenvalue weighted by atomic mass is 35.5. The molecule has 1 aliphatic carbocycles. The predicted octanol–water partition coefficient (Wildman–Crippen LogP) is 4.11. The van der Waals surface area contributed by atoms with E-state index in [1.54, 1.807) is 0 Å². The van der Waals surface area contributed by atoms with Crippen molar-refractivity contribution < 1.29 is 21.6 Å². The summed E-state index contributed by atoms with van der Waals surface area (Å²) in [5.41, 5.74) is -0.0219. The van der Waals surface area contributed by atoms with Crippen molar-refractivity contribution in [2.24, 2.45) is 0 Å². The Bertz CT molecular complexity index is 844. The molecule has 0 aromatic heterocycles. The zero-order chi connectivity index (χ0) is 17.5. The Morgan fingerprint density at radius 2 is 1.54 bits per heavy atom. The second-order valence-electron chi connectivity index (χ2n) is 5.53. The van der Waals surface area contributed by atoms with Gasteiger partial charge < -0.3 is 0 Å². The predicted molar refractivity (Wildman–Crippen MR) is 83.5 cm³/mol. The van der Waals surface area contributed by atoms with Crippen LogP contribution in [0.1, 0.15) is 18.4 Å². The van der Waals surface area contributed by atoms with Gasteiger partial charge in [0.05, 0.1) is 0 Å². The van der Waals surface area contributed by atoms with Crippen LogP contribution in [0.15, 0.2) is 41.3 Å². The highest BCUT2D eigenvalue weighted by Gasteiger charge is 2.41. The smallest absolute Gasteiger partial charge is 0.207 e. The maximum atomic E-state index is 14.0. The number of hydrogen-bond acceptors (Lipinski definition) is 2. The first-order valence-corrected chi connectivity index (χ1v) is 9.03. The summed E-state index contributed by atoms with van der Waals surface area (Å²) in [6.07, 6.45) is 1.09. The van der Waals surface area contributed by atoms with Crippen LogP contribution in [0.4, 0.5) is 13.2 Å². The Morgan fingerprint density at radius 1 is 1.00 bits per heavy atom. The first-order valence-electron chi connectivity index (χ1n) is 7.21. The Kier molecular flexibility index (Phi) is 4.59. The van der Waals surface area contributed by atoms with E-state index in [1.807, 2.05) is 0 Å². The minimum Gasteiger partial charge on any atom is -0.207 e. The third kappa shape index (κ3) is 3.16. The maximum absolute atomic E-state index is 14.0. The van der Waals surface area contributed by atoms with Crippen LogP contribution in [0.3, 0.4) is 0 Å². The number of benzene rings is 2. The number of sulfonamides is 1. The SMILES string of the molecule is O=S(=O)(c1c(F)cccc1F)N(Cc1c(F)cccc1Cl)C1CC1. The van der Waals surface area contributed by atoms with E-state index in [1.165, 1.54) is 12.1 Å². The monoisotopic (exact) mass is 375 g/mol. The van der Waals surface area contributed by atoms with Crippen LogP contribution in [0.2, 0.25) is 5.02 Å². The molecule has 0 radical (unpaired) electrons. The molecule has 2 aromatic rings. The number of nitrogens with zero attached hydrogens (tertiary/aromatic N) is 1. The van der Waals surface area contributed by atoms with Gasteiger partial charge in [-0.25, -0.2) is 21.6 Å². The van der Waals surface area contributed by atoms with Crippen LogP contribution in [0, 0.1) is 17.5 Å². The largest absolute Gasteiger partial charge is 0.249 e. The fourth-order valence-corrected chi connectivity index (χ4v) is 4.45. The molecule has 0 N–H and O–H groups in total. The van der Waals surface area contributed by atoms with Crippen molar-refractivity contribution in [2.45, 2.75) is 30.3 Å². The van der Waals surface area contributed by atoms with Gasteiger partial charge in [0.2, 0.25) is 10.0 Å². The Hall–Kier alpha value is -1.57. The molecule has 128 valence electrons. The van der Waals surface area contributed by atoms with Gasteiger partial charge >= 0.3 is 0 Å². The van der Waals surface area contributed by atoms with Gasteiger partial charge in [0, 0.05) is 23.2 Å². The first kappa shape index (κ1) is 17.3. The van der Waals surface area contributed by atoms with Gasteiger partial charge in [-0.3, -0.25) is 0 Å². The summed E-state index contributed by atoms with van der Waals surface area (Å²) in [7, 11) is -4.47. The van der Waals surface area contributed by atoms with Crippen LogP contribution in [-0.4, -0.2) is 18.8 Å². The molecular formula is C16H13ClF3NO2S. The fourth-order valence-electron chi connectivity index (χ4n) is 2.46. The van der Waals surface area contributed by atoms with E-state index >= 15 is 0 Å². The highest BCUT2D eigenvalue weighted by Crippen LogP contribution is 2.36. The molecule has 3 nitrogen and oxygen atoms in total. The Balaban J connectivity index is 2.06. The molecule has 0 atom stereocenters. The van der Waals surface area contributed by atoms with Gasteiger partial charge in [-0.05, 0) is 37.1 Å². The molecular weight excluding hydrogens is 363 g/mol. The molecule has 0 saturated heterocycles. The summed E-state index contributed by atoms with van der Waals surface area (Å²) in [5, 5.41) is 0.0601. The summed E-state index contributed by atoms with van der Waals surface area (Å²) in [4.78, 5) is -1.02. The zero-order valence-corrected chi connectivity index (χ0v) is 13.9. The standard InChI is InChI=1S/C16H13ClF3NO2S/c17-12-3-1-4-13(18)11(12)9-21(10-7-8-10)24(22,23)16-14(19)5-2-6-15(16)20/h1-6,10H,7-9H2. The van der Waals surface area contributed by atoms with E-state index < -0.39 is 38.4 Å². The van der Waals surface area contributed by atoms with Crippen molar-refractivity contribution in [3.05, 3.63) is 64.4 Å². The highest BCUT2D eigenvalue weighted by molar-refractivity contribution is 7.89. The van der Waals surface area contributed by atoms with Gasteiger partial charge in [0.15, 0.2) is 4.90 Å². The average Bonchev–Trinajstić information content (AvgIpc) is 3.30. The molecule has 1 saturated carbocycles. The van der Waals surface area contributed by atoms with Crippen molar-refractivity contribution in [1.29, 1.82) is 0 Å². The van der Waals surface area contributed by atoms with E-state index in [0.717, 1.165) is 28.6 Å². The van der Waals surface area contributed by atoms with Crippen LogP contribution in [-0.2, 0) is 16.6 Å². The first-order chi connectivity index (χ1) is 11.3. The quantitative estimate of drug-likeness (QED) is 0.788. The Morgan fingerprint density at radius 3 is 2.08 bits per heavy atom. The van der Waals surface area contributed by atoms with E-state index in [0.29, 0.717) is 12.8 Å². The molecule has 8 heteroatoms. The number of halogens is 4. The van der Waals surface area contributed by atoms with Crippen molar-refractivity contribution in [3.8, 4) is 0 Å². The van der Waals surface area contributed by atoms with Crippen LogP contribution in [0.5, 0.6) is 0 Å². The zero-order valence-electron chi connectivity index (χ0n) is 12.3. The van der Waals surface area contributed by atoms with E-state index in [9.17, 15) is 21.6 Å². The van der Waals surface area contributed by atoms with Gasteiger partial charge in [0.1, 0.15) is 17.5 Å². The van der Waals surface area contributed by atoms with Crippen molar-refractivity contribution >= 4 is 21.6 Å². The minimum atomic E-state index is -4.47. The average molecular weight is 376 g/mol. The molecule has 24 heavy (non-hydrogen) atoms. The second kappa shape index (κ2) is 6.38. The number of rotatable bonds is 5. The molecule has 0 bridgehead atoms. The normalized spacial score (nSPS) is 15.0. The van der Waals surface area contributed by atoms with Crippen LogP contribution < -0.4 is 0 Å². The van der Waals surface area contributed by atoms with E-state index in [2.05, 4.69) is 0 Å². The fraction of sp³-hybridized carbons (Fsp3) is 0.250. The van der Waals surface area contributed by atoms with Gasteiger partial charge in [-0.1, -0.05) is 23.7 Å². The van der Waals surface area contributed by atoms with Crippen molar-refractivity contribution in [3.63, 3.8) is 0 Å². The second-order valence-corrected chi connectivity index (χ2v) is 7.77. The lowest BCUT2D eigenvalue weighted by Crippen LogP contribution is -2.34. The maximum Gasteiger partial charge on any atom is 0.249 e. The minimum absolute atomic E-state index is 0.0219. The van der Waals surface area contributed by atoms with Crippen LogP contribution >= 0.6 is 11.6 Å². The molecule has 0 aliphatic heterocycles. The van der Waals surface area contributed by atoms with Gasteiger partial charge in [-0.15, -0.1) is 0 Å². The third-order valence-corrected chi connectivity index (χ3v) is 6.12. The Labute approximate surface area is 142 Å². The van der Waals surface area contributed by atoms with Gasteiger partial charge in [0.25, 0.3) is 0 Å². The summed E-state index contributed by atoms with van der Waals surface area (Å²) in [5.74, 6) is -3.03. The van der Waals surface area contributed by atoms with Crippen molar-refractivity contribution in [2.75, 3.05) is 0 Å². The lowest BCUT2D eigenvalue weighted by atomic mass is 10.2. The van der Waals surface area contributed by atoms with E-state index in [4.69, 9.17) is 11.6 Å². The molecule has 0 amide bonds. The molecule has 3 rings (SSSR count). The molecule has 0 spiro atoms. The summed E-state index contributed by atoms with van der Waals surface area (Å²) in [6.45, 7) is -0.383. The third-order valence-electron chi connectivity index (χ3n) is 3.82.